The van der Waals surface area contributed by atoms with E-state index in [1.807, 2.05) is 0 Å². The van der Waals surface area contributed by atoms with E-state index < -0.39 is 0 Å². The number of ether oxygens (including phenoxy) is 1. The lowest BCUT2D eigenvalue weighted by Gasteiger charge is -2.50. The maximum absolute atomic E-state index is 6.11. The van der Waals surface area contributed by atoms with Gasteiger partial charge in [-0.3, -0.25) is 4.90 Å². The van der Waals surface area contributed by atoms with E-state index in [1.54, 1.807) is 0 Å². The molecule has 0 aromatic rings. The Labute approximate surface area is 99.3 Å². The second-order valence-corrected chi connectivity index (χ2v) is 5.58. The monoisotopic (exact) mass is 226 g/mol. The highest BCUT2D eigenvalue weighted by Gasteiger charge is 2.43. The Morgan fingerprint density at radius 3 is 2.75 bits per heavy atom. The molecule has 3 heteroatoms. The van der Waals surface area contributed by atoms with Gasteiger partial charge in [-0.05, 0) is 32.2 Å². The highest BCUT2D eigenvalue weighted by Crippen LogP contribution is 2.38. The van der Waals surface area contributed by atoms with Crippen LogP contribution in [0.4, 0.5) is 0 Å². The van der Waals surface area contributed by atoms with E-state index in [0.717, 1.165) is 25.7 Å². The molecular formula is C13H26N2O. The summed E-state index contributed by atoms with van der Waals surface area (Å²) in [6.07, 6.45) is 6.47. The van der Waals surface area contributed by atoms with Crippen molar-refractivity contribution >= 4 is 0 Å². The van der Waals surface area contributed by atoms with Gasteiger partial charge in [0, 0.05) is 24.7 Å². The van der Waals surface area contributed by atoms with Crippen LogP contribution >= 0.6 is 0 Å². The molecule has 1 saturated heterocycles. The molecule has 0 aromatic heterocycles. The van der Waals surface area contributed by atoms with Crippen LogP contribution in [0.2, 0.25) is 0 Å². The van der Waals surface area contributed by atoms with Gasteiger partial charge in [0.15, 0.2) is 0 Å². The number of likely N-dealkylation sites (N-methyl/N-ethyl adjacent to an activating group) is 1. The van der Waals surface area contributed by atoms with Crippen molar-refractivity contribution in [3.8, 4) is 0 Å². The maximum Gasteiger partial charge on any atom is 0.0622 e. The normalized spacial score (nSPS) is 40.5. The molecule has 1 aliphatic heterocycles. The van der Waals surface area contributed by atoms with Gasteiger partial charge in [0.25, 0.3) is 0 Å². The molecule has 0 amide bonds. The molecule has 94 valence electrons. The van der Waals surface area contributed by atoms with Crippen molar-refractivity contribution in [1.29, 1.82) is 0 Å². The van der Waals surface area contributed by atoms with E-state index in [0.29, 0.717) is 6.04 Å². The maximum atomic E-state index is 6.11. The first-order valence-corrected chi connectivity index (χ1v) is 6.71. The molecule has 0 radical (unpaired) electrons. The molecule has 3 nitrogen and oxygen atoms in total. The third-order valence-electron chi connectivity index (χ3n) is 4.92. The molecule has 2 fully saturated rings. The Hall–Kier alpha value is -0.120. The third kappa shape index (κ3) is 2.01. The molecule has 2 rings (SSSR count). The Kier molecular flexibility index (Phi) is 3.88. The molecule has 3 unspecified atom stereocenters. The number of hydrogen-bond acceptors (Lipinski definition) is 3. The Balaban J connectivity index is 2.11. The Morgan fingerprint density at radius 1 is 1.38 bits per heavy atom. The van der Waals surface area contributed by atoms with Crippen LogP contribution < -0.4 is 5.73 Å². The second kappa shape index (κ2) is 5.03. The average molecular weight is 226 g/mol. The van der Waals surface area contributed by atoms with Gasteiger partial charge in [0.05, 0.1) is 6.61 Å². The largest absolute Gasteiger partial charge is 0.380 e. The first kappa shape index (κ1) is 12.3. The molecule has 1 heterocycles. The van der Waals surface area contributed by atoms with Crippen molar-refractivity contribution in [2.24, 2.45) is 11.7 Å². The number of rotatable bonds is 3. The minimum Gasteiger partial charge on any atom is -0.380 e. The summed E-state index contributed by atoms with van der Waals surface area (Å²) in [6.45, 7) is 4.98. The minimum absolute atomic E-state index is 0.233. The summed E-state index contributed by atoms with van der Waals surface area (Å²) in [4.78, 5) is 2.55. The van der Waals surface area contributed by atoms with E-state index in [4.69, 9.17) is 10.5 Å². The van der Waals surface area contributed by atoms with Crippen LogP contribution in [0.1, 0.15) is 39.0 Å². The molecule has 0 aromatic carbocycles. The van der Waals surface area contributed by atoms with E-state index >= 15 is 0 Å². The average Bonchev–Trinajstić information content (AvgIpc) is 2.82. The van der Waals surface area contributed by atoms with Gasteiger partial charge >= 0.3 is 0 Å². The lowest BCUT2D eigenvalue weighted by atomic mass is 9.72. The number of hydrogen-bond donors (Lipinski definition) is 1. The third-order valence-corrected chi connectivity index (χ3v) is 4.92. The van der Waals surface area contributed by atoms with Gasteiger partial charge in [-0.15, -0.1) is 0 Å². The fraction of sp³-hybridized carbons (Fsp3) is 1.00. The first-order valence-electron chi connectivity index (χ1n) is 6.71. The number of nitrogens with zero attached hydrogens (tertiary/aromatic N) is 1. The molecule has 1 aliphatic carbocycles. The van der Waals surface area contributed by atoms with Crippen LogP contribution in [0.25, 0.3) is 0 Å². The van der Waals surface area contributed by atoms with Crippen LogP contribution in [0.15, 0.2) is 0 Å². The highest BCUT2D eigenvalue weighted by atomic mass is 16.5. The Bertz CT molecular complexity index is 228. The van der Waals surface area contributed by atoms with Gasteiger partial charge < -0.3 is 10.5 Å². The predicted molar refractivity (Wildman–Crippen MR) is 66.4 cm³/mol. The summed E-state index contributed by atoms with van der Waals surface area (Å²) in [6, 6.07) is 0.587. The van der Waals surface area contributed by atoms with Crippen LogP contribution in [-0.4, -0.2) is 43.3 Å². The van der Waals surface area contributed by atoms with Crippen molar-refractivity contribution < 1.29 is 4.74 Å². The molecule has 3 atom stereocenters. The smallest absolute Gasteiger partial charge is 0.0622 e. The van der Waals surface area contributed by atoms with Crippen molar-refractivity contribution in [3.63, 3.8) is 0 Å². The summed E-state index contributed by atoms with van der Waals surface area (Å²) >= 11 is 0. The number of nitrogens with two attached hydrogens (primary N) is 1. The SMILES string of the molecule is CC1CCCCC1(CN)N(C)C1CCOC1. The fourth-order valence-electron chi connectivity index (χ4n) is 3.56. The lowest BCUT2D eigenvalue weighted by molar-refractivity contribution is -0.000601. The minimum atomic E-state index is 0.233. The van der Waals surface area contributed by atoms with Crippen LogP contribution in [-0.2, 0) is 4.74 Å². The van der Waals surface area contributed by atoms with Gasteiger partial charge in [0.1, 0.15) is 0 Å². The quantitative estimate of drug-likeness (QED) is 0.794. The summed E-state index contributed by atoms with van der Waals surface area (Å²) in [5, 5.41) is 0. The van der Waals surface area contributed by atoms with Crippen molar-refractivity contribution in [1.82, 2.24) is 4.90 Å². The topological polar surface area (TPSA) is 38.5 Å². The van der Waals surface area contributed by atoms with E-state index in [-0.39, 0.29) is 5.54 Å². The van der Waals surface area contributed by atoms with Gasteiger partial charge in [-0.25, -0.2) is 0 Å². The lowest BCUT2D eigenvalue weighted by Crippen LogP contribution is -2.61. The van der Waals surface area contributed by atoms with E-state index in [1.165, 1.54) is 32.1 Å². The highest BCUT2D eigenvalue weighted by molar-refractivity contribution is 4.99. The van der Waals surface area contributed by atoms with Gasteiger partial charge in [-0.1, -0.05) is 19.8 Å². The zero-order valence-corrected chi connectivity index (χ0v) is 10.7. The molecule has 2 aliphatic rings. The predicted octanol–water partition coefficient (Wildman–Crippen LogP) is 1.61. The van der Waals surface area contributed by atoms with Crippen LogP contribution in [0.5, 0.6) is 0 Å². The first-order chi connectivity index (χ1) is 7.70. The molecule has 2 N–H and O–H groups in total. The summed E-state index contributed by atoms with van der Waals surface area (Å²) in [5.74, 6) is 0.719. The zero-order chi connectivity index (χ0) is 11.6. The van der Waals surface area contributed by atoms with Crippen LogP contribution in [0.3, 0.4) is 0 Å². The second-order valence-electron chi connectivity index (χ2n) is 5.58. The molecule has 0 spiro atoms. The standard InChI is InChI=1S/C13H26N2O/c1-11-5-3-4-7-13(11,10-14)15(2)12-6-8-16-9-12/h11-12H,3-10,14H2,1-2H3. The molecular weight excluding hydrogens is 200 g/mol. The zero-order valence-electron chi connectivity index (χ0n) is 10.7. The Morgan fingerprint density at radius 2 is 2.19 bits per heavy atom. The summed E-state index contributed by atoms with van der Waals surface area (Å²) < 4.78 is 5.51. The molecule has 1 saturated carbocycles. The molecule has 0 bridgehead atoms. The summed E-state index contributed by atoms with van der Waals surface area (Å²) in [7, 11) is 2.26. The van der Waals surface area contributed by atoms with E-state index in [2.05, 4.69) is 18.9 Å². The van der Waals surface area contributed by atoms with E-state index in [9.17, 15) is 0 Å². The van der Waals surface area contributed by atoms with Gasteiger partial charge in [0.2, 0.25) is 0 Å². The fourth-order valence-corrected chi connectivity index (χ4v) is 3.56. The van der Waals surface area contributed by atoms with Crippen LogP contribution in [0, 0.1) is 5.92 Å². The van der Waals surface area contributed by atoms with Crippen molar-refractivity contribution in [3.05, 3.63) is 0 Å². The molecule has 16 heavy (non-hydrogen) atoms. The van der Waals surface area contributed by atoms with Crippen molar-refractivity contribution in [2.75, 3.05) is 26.8 Å². The summed E-state index contributed by atoms with van der Waals surface area (Å²) in [5.41, 5.74) is 6.35. The van der Waals surface area contributed by atoms with Crippen molar-refractivity contribution in [2.45, 2.75) is 50.6 Å². The van der Waals surface area contributed by atoms with Gasteiger partial charge in [-0.2, -0.15) is 0 Å².